The van der Waals surface area contributed by atoms with Crippen molar-refractivity contribution in [2.24, 2.45) is 5.92 Å². The summed E-state index contributed by atoms with van der Waals surface area (Å²) in [7, 11) is -1.48. The molecule has 0 aliphatic carbocycles. The molecule has 1 amide bonds. The van der Waals surface area contributed by atoms with Crippen LogP contribution in [0.5, 0.6) is 11.5 Å². The van der Waals surface area contributed by atoms with E-state index in [9.17, 15) is 13.2 Å². The van der Waals surface area contributed by atoms with Crippen LogP contribution in [0.1, 0.15) is 19.3 Å². The van der Waals surface area contributed by atoms with Crippen LogP contribution in [-0.2, 0) is 14.8 Å². The summed E-state index contributed by atoms with van der Waals surface area (Å²) >= 11 is 0. The summed E-state index contributed by atoms with van der Waals surface area (Å²) in [5, 5.41) is 0. The van der Waals surface area contributed by atoms with Gasteiger partial charge in [-0.1, -0.05) is 0 Å². The van der Waals surface area contributed by atoms with Crippen molar-refractivity contribution >= 4 is 15.9 Å². The maximum Gasteiger partial charge on any atom is 0.243 e. The Morgan fingerprint density at radius 1 is 1.03 bits per heavy atom. The fourth-order valence-electron chi connectivity index (χ4n) is 4.16. The van der Waals surface area contributed by atoms with E-state index in [0.29, 0.717) is 50.6 Å². The molecule has 0 bridgehead atoms. The highest BCUT2D eigenvalue weighted by molar-refractivity contribution is 7.89. The molecule has 1 N–H and O–H groups in total. The maximum atomic E-state index is 13.1. The number of amides is 1. The van der Waals surface area contributed by atoms with E-state index in [-0.39, 0.29) is 16.7 Å². The van der Waals surface area contributed by atoms with Crippen molar-refractivity contribution in [1.82, 2.24) is 9.21 Å². The Hall–Kier alpha value is -1.84. The first-order chi connectivity index (χ1) is 13.9. The van der Waals surface area contributed by atoms with E-state index in [1.807, 2.05) is 4.90 Å². The molecule has 8 nitrogen and oxygen atoms in total. The van der Waals surface area contributed by atoms with Crippen molar-refractivity contribution in [3.63, 3.8) is 0 Å². The third-order valence-corrected chi connectivity index (χ3v) is 7.98. The van der Waals surface area contributed by atoms with Crippen LogP contribution in [0.4, 0.5) is 0 Å². The van der Waals surface area contributed by atoms with Gasteiger partial charge in [0, 0.05) is 31.5 Å². The Bertz CT molecular complexity index is 844. The Kier molecular flexibility index (Phi) is 5.98. The monoisotopic (exact) mass is 424 g/mol. The zero-order valence-corrected chi connectivity index (χ0v) is 17.7. The lowest BCUT2D eigenvalue weighted by Gasteiger charge is -2.36. The number of quaternary nitrogens is 1. The zero-order valence-electron chi connectivity index (χ0n) is 16.9. The number of piperidine rings is 1. The molecule has 160 valence electrons. The topological polar surface area (TPSA) is 80.6 Å². The molecule has 0 unspecified atom stereocenters. The van der Waals surface area contributed by atoms with E-state index >= 15 is 0 Å². The van der Waals surface area contributed by atoms with Crippen LogP contribution in [0.15, 0.2) is 23.1 Å². The fourth-order valence-corrected chi connectivity index (χ4v) is 5.65. The number of likely N-dealkylation sites (N-methyl/N-ethyl adjacent to an activating group) is 1. The molecule has 0 atom stereocenters. The predicted molar refractivity (Wildman–Crippen MR) is 107 cm³/mol. The maximum absolute atomic E-state index is 13.1. The van der Waals surface area contributed by atoms with E-state index in [2.05, 4.69) is 7.05 Å². The predicted octanol–water partition coefficient (Wildman–Crippen LogP) is -0.394. The highest BCUT2D eigenvalue weighted by Crippen LogP contribution is 2.34. The molecule has 9 heteroatoms. The molecule has 3 aliphatic rings. The summed E-state index contributed by atoms with van der Waals surface area (Å²) in [6.07, 6.45) is 1.91. The van der Waals surface area contributed by atoms with Crippen LogP contribution in [0.2, 0.25) is 0 Å². The van der Waals surface area contributed by atoms with Gasteiger partial charge in [0.05, 0.1) is 51.3 Å². The molecule has 0 spiro atoms. The second-order valence-electron chi connectivity index (χ2n) is 8.12. The Balaban J connectivity index is 1.40. The van der Waals surface area contributed by atoms with Crippen molar-refractivity contribution in [1.29, 1.82) is 0 Å². The summed E-state index contributed by atoms with van der Waals surface area (Å²) in [6.45, 7) is 5.35. The first-order valence-electron chi connectivity index (χ1n) is 10.4. The minimum Gasteiger partial charge on any atom is -0.490 e. The smallest absolute Gasteiger partial charge is 0.243 e. The number of benzene rings is 1. The molecule has 1 aromatic rings. The van der Waals surface area contributed by atoms with Gasteiger partial charge < -0.3 is 19.3 Å². The SMILES string of the molecule is C[NH+]1CCN(C(=O)C2CCN(S(=O)(=O)c3ccc4c(c3)OCCCO4)CC2)CC1. The molecule has 0 saturated carbocycles. The molecule has 29 heavy (non-hydrogen) atoms. The number of rotatable bonds is 3. The lowest BCUT2D eigenvalue weighted by molar-refractivity contribution is -0.883. The molecule has 1 aromatic carbocycles. The van der Waals surface area contributed by atoms with Crippen molar-refractivity contribution in [2.45, 2.75) is 24.2 Å². The molecule has 2 fully saturated rings. The van der Waals surface area contributed by atoms with E-state index in [1.54, 1.807) is 18.2 Å². The van der Waals surface area contributed by atoms with Crippen molar-refractivity contribution in [2.75, 3.05) is 59.5 Å². The second-order valence-corrected chi connectivity index (χ2v) is 10.1. The van der Waals surface area contributed by atoms with Gasteiger partial charge in [-0.2, -0.15) is 4.31 Å². The largest absolute Gasteiger partial charge is 0.490 e. The number of carbonyl (C=O) groups excluding carboxylic acids is 1. The van der Waals surface area contributed by atoms with Gasteiger partial charge in [0.1, 0.15) is 0 Å². The lowest BCUT2D eigenvalue weighted by atomic mass is 9.96. The van der Waals surface area contributed by atoms with Crippen LogP contribution in [0.25, 0.3) is 0 Å². The van der Waals surface area contributed by atoms with E-state index in [4.69, 9.17) is 9.47 Å². The van der Waals surface area contributed by atoms with Crippen molar-refractivity contribution in [3.8, 4) is 11.5 Å². The number of hydrogen-bond acceptors (Lipinski definition) is 5. The number of fused-ring (bicyclic) bond motifs is 1. The van der Waals surface area contributed by atoms with Gasteiger partial charge in [-0.3, -0.25) is 4.79 Å². The van der Waals surface area contributed by atoms with Gasteiger partial charge in [-0.15, -0.1) is 0 Å². The summed E-state index contributed by atoms with van der Waals surface area (Å²) < 4.78 is 38.9. The Morgan fingerprint density at radius 2 is 1.69 bits per heavy atom. The van der Waals surface area contributed by atoms with Gasteiger partial charge in [-0.05, 0) is 25.0 Å². The highest BCUT2D eigenvalue weighted by atomic mass is 32.2. The first-order valence-corrected chi connectivity index (χ1v) is 11.9. The number of piperazine rings is 1. The third-order valence-electron chi connectivity index (χ3n) is 6.09. The van der Waals surface area contributed by atoms with Crippen LogP contribution in [0.3, 0.4) is 0 Å². The molecule has 0 radical (unpaired) electrons. The molecule has 2 saturated heterocycles. The van der Waals surface area contributed by atoms with E-state index in [1.165, 1.54) is 9.21 Å². The first kappa shape index (κ1) is 20.4. The van der Waals surface area contributed by atoms with E-state index < -0.39 is 10.0 Å². The van der Waals surface area contributed by atoms with E-state index in [0.717, 1.165) is 32.6 Å². The van der Waals surface area contributed by atoms with Crippen LogP contribution >= 0.6 is 0 Å². The van der Waals surface area contributed by atoms with Gasteiger partial charge in [-0.25, -0.2) is 8.42 Å². The Labute approximate surface area is 172 Å². The summed E-state index contributed by atoms with van der Waals surface area (Å²) in [6, 6.07) is 4.80. The number of nitrogens with zero attached hydrogens (tertiary/aromatic N) is 2. The van der Waals surface area contributed by atoms with Gasteiger partial charge in [0.15, 0.2) is 11.5 Å². The average molecular weight is 425 g/mol. The number of nitrogens with one attached hydrogen (secondary N) is 1. The molecule has 0 aromatic heterocycles. The molecule has 3 aliphatic heterocycles. The number of carbonyl (C=O) groups is 1. The fraction of sp³-hybridized carbons (Fsp3) is 0.650. The summed E-state index contributed by atoms with van der Waals surface area (Å²) in [4.78, 5) is 16.4. The summed E-state index contributed by atoms with van der Waals surface area (Å²) in [5.41, 5.74) is 0. The molecular formula is C20H30N3O5S+. The normalized spacial score (nSPS) is 22.3. The standard InChI is InChI=1S/C20H29N3O5S/c1-21-9-11-22(12-10-21)20(24)16-5-7-23(8-6-16)29(25,26)17-3-4-18-19(15-17)28-14-2-13-27-18/h3-4,15-16H,2,5-14H2,1H3/p+1. The highest BCUT2D eigenvalue weighted by Gasteiger charge is 2.35. The van der Waals surface area contributed by atoms with Crippen LogP contribution in [0, 0.1) is 5.92 Å². The molecular weight excluding hydrogens is 394 g/mol. The lowest BCUT2D eigenvalue weighted by Crippen LogP contribution is -3.12. The van der Waals surface area contributed by atoms with Gasteiger partial charge in [0.2, 0.25) is 15.9 Å². The molecule has 4 rings (SSSR count). The van der Waals surface area contributed by atoms with Crippen molar-refractivity contribution in [3.05, 3.63) is 18.2 Å². The van der Waals surface area contributed by atoms with Crippen LogP contribution in [-0.4, -0.2) is 83.1 Å². The second kappa shape index (κ2) is 8.49. The quantitative estimate of drug-likeness (QED) is 0.715. The number of hydrogen-bond donors (Lipinski definition) is 1. The molecule has 3 heterocycles. The van der Waals surface area contributed by atoms with Gasteiger partial charge >= 0.3 is 0 Å². The van der Waals surface area contributed by atoms with Crippen LogP contribution < -0.4 is 14.4 Å². The van der Waals surface area contributed by atoms with Crippen molar-refractivity contribution < 1.29 is 27.6 Å². The summed E-state index contributed by atoms with van der Waals surface area (Å²) in [5.74, 6) is 1.17. The zero-order chi connectivity index (χ0) is 20.4. The van der Waals surface area contributed by atoms with Gasteiger partial charge in [0.25, 0.3) is 0 Å². The minimum absolute atomic E-state index is 0.0800. The number of ether oxygens (including phenoxy) is 2. The minimum atomic E-state index is -3.62. The Morgan fingerprint density at radius 3 is 2.38 bits per heavy atom. The average Bonchev–Trinajstić information content (AvgIpc) is 2.99. The number of sulfonamides is 1. The third kappa shape index (κ3) is 4.36.